The third-order valence-corrected chi connectivity index (χ3v) is 2.81. The van der Waals surface area contributed by atoms with Gasteiger partial charge in [-0.3, -0.25) is 0 Å². The molecule has 0 heterocycles. The summed E-state index contributed by atoms with van der Waals surface area (Å²) >= 11 is 0. The molecule has 23 heavy (non-hydrogen) atoms. The fourth-order valence-electron chi connectivity index (χ4n) is 1.80. The minimum Gasteiger partial charge on any atom is -0.490 e. The first kappa shape index (κ1) is 16.5. The summed E-state index contributed by atoms with van der Waals surface area (Å²) in [5, 5.41) is 4.44. The van der Waals surface area contributed by atoms with Gasteiger partial charge in [-0.25, -0.2) is 13.6 Å². The van der Waals surface area contributed by atoms with Crippen LogP contribution in [0.15, 0.2) is 42.5 Å². The van der Waals surface area contributed by atoms with Crippen molar-refractivity contribution in [1.82, 2.24) is 5.32 Å². The van der Waals surface area contributed by atoms with Gasteiger partial charge in [-0.2, -0.15) is 0 Å². The topological polar surface area (TPSA) is 59.6 Å². The van der Waals surface area contributed by atoms with Crippen LogP contribution in [0.2, 0.25) is 0 Å². The Balaban J connectivity index is 1.88. The Labute approximate surface area is 132 Å². The van der Waals surface area contributed by atoms with Crippen molar-refractivity contribution in [2.24, 2.45) is 0 Å². The van der Waals surface area contributed by atoms with Gasteiger partial charge < -0.3 is 20.1 Å². The number of carbonyl (C=O) groups is 1. The molecule has 0 spiro atoms. The smallest absolute Gasteiger partial charge is 0.322 e. The number of nitrogens with one attached hydrogen (secondary N) is 2. The molecule has 7 heteroatoms. The fraction of sp³-hybridized carbons (Fsp3) is 0.188. The van der Waals surface area contributed by atoms with Gasteiger partial charge in [0, 0.05) is 0 Å². The van der Waals surface area contributed by atoms with Gasteiger partial charge in [0.1, 0.15) is 17.3 Å². The first-order valence-electron chi connectivity index (χ1n) is 6.95. The Morgan fingerprint density at radius 3 is 2.22 bits per heavy atom. The zero-order valence-corrected chi connectivity index (χ0v) is 12.4. The lowest BCUT2D eigenvalue weighted by molar-refractivity contribution is 0.229. The SMILES string of the molecule is CCOc1ccccc1OCNC(=O)Nc1c(F)cccc1F. The van der Waals surface area contributed by atoms with E-state index in [9.17, 15) is 13.6 Å². The molecule has 0 fully saturated rings. The fourth-order valence-corrected chi connectivity index (χ4v) is 1.80. The summed E-state index contributed by atoms with van der Waals surface area (Å²) in [4.78, 5) is 11.7. The number of para-hydroxylation sites is 3. The average molecular weight is 322 g/mol. The van der Waals surface area contributed by atoms with E-state index >= 15 is 0 Å². The predicted octanol–water partition coefficient (Wildman–Crippen LogP) is 3.52. The molecule has 2 amide bonds. The van der Waals surface area contributed by atoms with Crippen LogP contribution in [-0.2, 0) is 0 Å². The molecule has 0 aliphatic heterocycles. The van der Waals surface area contributed by atoms with Crippen LogP contribution in [0, 0.1) is 11.6 Å². The van der Waals surface area contributed by atoms with E-state index in [0.717, 1.165) is 12.1 Å². The molecule has 0 saturated heterocycles. The summed E-state index contributed by atoms with van der Waals surface area (Å²) in [5.74, 6) is -0.727. The minimum atomic E-state index is -0.859. The largest absolute Gasteiger partial charge is 0.490 e. The molecule has 2 aromatic rings. The van der Waals surface area contributed by atoms with Gasteiger partial charge in [-0.05, 0) is 31.2 Å². The van der Waals surface area contributed by atoms with Crippen LogP contribution >= 0.6 is 0 Å². The quantitative estimate of drug-likeness (QED) is 0.800. The predicted molar refractivity (Wildman–Crippen MR) is 81.6 cm³/mol. The van der Waals surface area contributed by atoms with E-state index in [0.29, 0.717) is 18.1 Å². The normalized spacial score (nSPS) is 10.0. The van der Waals surface area contributed by atoms with E-state index in [4.69, 9.17) is 9.47 Å². The second kappa shape index (κ2) is 7.98. The number of halogens is 2. The van der Waals surface area contributed by atoms with Crippen LogP contribution in [0.3, 0.4) is 0 Å². The summed E-state index contributed by atoms with van der Waals surface area (Å²) < 4.78 is 37.6. The summed E-state index contributed by atoms with van der Waals surface area (Å²) in [6, 6.07) is 9.48. The van der Waals surface area contributed by atoms with Crippen molar-refractivity contribution in [2.75, 3.05) is 18.7 Å². The van der Waals surface area contributed by atoms with Gasteiger partial charge in [0.15, 0.2) is 18.2 Å². The lowest BCUT2D eigenvalue weighted by Crippen LogP contribution is -2.32. The van der Waals surface area contributed by atoms with Crippen molar-refractivity contribution >= 4 is 11.7 Å². The van der Waals surface area contributed by atoms with Gasteiger partial charge >= 0.3 is 6.03 Å². The van der Waals surface area contributed by atoms with E-state index < -0.39 is 23.4 Å². The van der Waals surface area contributed by atoms with Crippen molar-refractivity contribution in [3.8, 4) is 11.5 Å². The number of ether oxygens (including phenoxy) is 2. The molecule has 0 aliphatic carbocycles. The third kappa shape index (κ3) is 4.57. The summed E-state index contributed by atoms with van der Waals surface area (Å²) in [5.41, 5.74) is -0.514. The molecule has 0 radical (unpaired) electrons. The van der Waals surface area contributed by atoms with Crippen LogP contribution in [0.1, 0.15) is 6.92 Å². The van der Waals surface area contributed by atoms with Gasteiger partial charge in [0.25, 0.3) is 0 Å². The maximum Gasteiger partial charge on any atom is 0.322 e. The Morgan fingerprint density at radius 2 is 1.61 bits per heavy atom. The number of anilines is 1. The lowest BCUT2D eigenvalue weighted by Gasteiger charge is -2.13. The molecule has 0 unspecified atom stereocenters. The molecule has 2 N–H and O–H groups in total. The number of carbonyl (C=O) groups excluding carboxylic acids is 1. The van der Waals surface area contributed by atoms with Crippen LogP contribution in [0.25, 0.3) is 0 Å². The number of hydrogen-bond acceptors (Lipinski definition) is 3. The second-order valence-electron chi connectivity index (χ2n) is 4.40. The van der Waals surface area contributed by atoms with Crippen LogP contribution in [-0.4, -0.2) is 19.4 Å². The molecular formula is C16H16F2N2O3. The monoisotopic (exact) mass is 322 g/mol. The highest BCUT2D eigenvalue weighted by Gasteiger charge is 2.11. The van der Waals surface area contributed by atoms with Crippen LogP contribution in [0.4, 0.5) is 19.3 Å². The van der Waals surface area contributed by atoms with Gasteiger partial charge in [-0.15, -0.1) is 0 Å². The van der Waals surface area contributed by atoms with Crippen molar-refractivity contribution < 1.29 is 23.0 Å². The summed E-state index contributed by atoms with van der Waals surface area (Å²) in [7, 11) is 0. The lowest BCUT2D eigenvalue weighted by atomic mass is 10.3. The maximum atomic E-state index is 13.4. The highest BCUT2D eigenvalue weighted by atomic mass is 19.1. The molecule has 2 aromatic carbocycles. The van der Waals surface area contributed by atoms with Crippen molar-refractivity contribution in [1.29, 1.82) is 0 Å². The molecule has 0 atom stereocenters. The van der Waals surface area contributed by atoms with Crippen LogP contribution < -0.4 is 20.1 Å². The number of benzene rings is 2. The van der Waals surface area contributed by atoms with E-state index in [1.54, 1.807) is 24.3 Å². The van der Waals surface area contributed by atoms with E-state index in [1.807, 2.05) is 6.92 Å². The standard InChI is InChI=1S/C16H16F2N2O3/c1-2-22-13-8-3-4-9-14(13)23-10-19-16(21)20-15-11(17)6-5-7-12(15)18/h3-9H,2,10H2,1H3,(H2,19,20,21). The Kier molecular flexibility index (Phi) is 5.74. The van der Waals surface area contributed by atoms with Crippen molar-refractivity contribution in [3.63, 3.8) is 0 Å². The zero-order valence-electron chi connectivity index (χ0n) is 12.4. The molecule has 122 valence electrons. The minimum absolute atomic E-state index is 0.188. The summed E-state index contributed by atoms with van der Waals surface area (Å²) in [6.45, 7) is 2.12. The highest BCUT2D eigenvalue weighted by molar-refractivity contribution is 5.89. The first-order chi connectivity index (χ1) is 11.1. The Bertz CT molecular complexity index is 660. The number of rotatable bonds is 6. The average Bonchev–Trinajstić information content (AvgIpc) is 2.53. The number of hydrogen-bond donors (Lipinski definition) is 2. The maximum absolute atomic E-state index is 13.4. The van der Waals surface area contributed by atoms with Crippen molar-refractivity contribution in [2.45, 2.75) is 6.92 Å². The molecule has 0 saturated carbocycles. The molecule has 0 bridgehead atoms. The van der Waals surface area contributed by atoms with E-state index in [1.165, 1.54) is 6.07 Å². The zero-order chi connectivity index (χ0) is 16.7. The Hall–Kier alpha value is -2.83. The molecule has 5 nitrogen and oxygen atoms in total. The Morgan fingerprint density at radius 1 is 1.00 bits per heavy atom. The molecule has 0 aliphatic rings. The van der Waals surface area contributed by atoms with Gasteiger partial charge in [0.05, 0.1) is 6.61 Å². The number of amides is 2. The van der Waals surface area contributed by atoms with Gasteiger partial charge in [-0.1, -0.05) is 18.2 Å². The molecular weight excluding hydrogens is 306 g/mol. The second-order valence-corrected chi connectivity index (χ2v) is 4.40. The highest BCUT2D eigenvalue weighted by Crippen LogP contribution is 2.26. The van der Waals surface area contributed by atoms with E-state index in [2.05, 4.69) is 10.6 Å². The summed E-state index contributed by atoms with van der Waals surface area (Å²) in [6.07, 6.45) is 0. The molecule has 2 rings (SSSR count). The van der Waals surface area contributed by atoms with Gasteiger partial charge in [0.2, 0.25) is 0 Å². The van der Waals surface area contributed by atoms with E-state index in [-0.39, 0.29) is 6.73 Å². The first-order valence-corrected chi connectivity index (χ1v) is 6.95. The van der Waals surface area contributed by atoms with Crippen molar-refractivity contribution in [3.05, 3.63) is 54.1 Å². The van der Waals surface area contributed by atoms with Crippen LogP contribution in [0.5, 0.6) is 11.5 Å². The molecule has 0 aromatic heterocycles. The number of urea groups is 1. The third-order valence-electron chi connectivity index (χ3n) is 2.81.